The van der Waals surface area contributed by atoms with E-state index in [0.717, 1.165) is 18.2 Å². The van der Waals surface area contributed by atoms with Crippen LogP contribution in [0, 0.1) is 0 Å². The van der Waals surface area contributed by atoms with E-state index >= 15 is 0 Å². The summed E-state index contributed by atoms with van der Waals surface area (Å²) in [6.07, 6.45) is 5.95. The van der Waals surface area contributed by atoms with Gasteiger partial charge in [0.2, 0.25) is 0 Å². The van der Waals surface area contributed by atoms with Gasteiger partial charge in [-0.2, -0.15) is 0 Å². The van der Waals surface area contributed by atoms with E-state index < -0.39 is 0 Å². The van der Waals surface area contributed by atoms with Gasteiger partial charge >= 0.3 is 0 Å². The summed E-state index contributed by atoms with van der Waals surface area (Å²) < 4.78 is 0. The van der Waals surface area contributed by atoms with Crippen LogP contribution in [0.1, 0.15) is 26.7 Å². The molecular weight excluding hydrogens is 176 g/mol. The average Bonchev–Trinajstić information content (AvgIpc) is 2.84. The van der Waals surface area contributed by atoms with Gasteiger partial charge in [-0.3, -0.25) is 4.98 Å². The maximum absolute atomic E-state index is 4.40. The Morgan fingerprint density at radius 1 is 1.36 bits per heavy atom. The minimum absolute atomic E-state index is 0.263. The van der Waals surface area contributed by atoms with Gasteiger partial charge in [-0.25, -0.2) is 4.98 Å². The van der Waals surface area contributed by atoms with Gasteiger partial charge in [0.25, 0.3) is 0 Å². The van der Waals surface area contributed by atoms with Crippen molar-refractivity contribution in [3.05, 3.63) is 12.4 Å². The standard InChI is InChI=1S/C10H16N4/c1-3-12-8-6-11-7-9(13-8)14-10(2)4-5-10/h6-7H,3-5H2,1-2H3,(H2,12,13,14). The number of hydrogen-bond acceptors (Lipinski definition) is 4. The van der Waals surface area contributed by atoms with E-state index in [-0.39, 0.29) is 5.54 Å². The third kappa shape index (κ3) is 2.13. The first kappa shape index (κ1) is 9.24. The molecule has 0 radical (unpaired) electrons. The van der Waals surface area contributed by atoms with Gasteiger partial charge in [0.05, 0.1) is 12.4 Å². The number of aromatic nitrogens is 2. The molecule has 0 amide bonds. The van der Waals surface area contributed by atoms with Crippen molar-refractivity contribution in [2.45, 2.75) is 32.2 Å². The average molecular weight is 192 g/mol. The third-order valence-electron chi connectivity index (χ3n) is 2.42. The second-order valence-corrected chi connectivity index (χ2v) is 4.01. The molecular formula is C10H16N4. The van der Waals surface area contributed by atoms with Crippen LogP contribution >= 0.6 is 0 Å². The predicted molar refractivity (Wildman–Crippen MR) is 57.5 cm³/mol. The van der Waals surface area contributed by atoms with Crippen LogP contribution in [-0.4, -0.2) is 22.1 Å². The SMILES string of the molecule is CCNc1cncc(NC2(C)CC2)n1. The van der Waals surface area contributed by atoms with Gasteiger partial charge < -0.3 is 10.6 Å². The number of nitrogens with zero attached hydrogens (tertiary/aromatic N) is 2. The molecule has 14 heavy (non-hydrogen) atoms. The van der Waals surface area contributed by atoms with Crippen LogP contribution in [0.25, 0.3) is 0 Å². The van der Waals surface area contributed by atoms with Crippen LogP contribution in [0.5, 0.6) is 0 Å². The van der Waals surface area contributed by atoms with E-state index in [9.17, 15) is 0 Å². The van der Waals surface area contributed by atoms with E-state index in [1.807, 2.05) is 6.92 Å². The van der Waals surface area contributed by atoms with Crippen molar-refractivity contribution in [3.8, 4) is 0 Å². The van der Waals surface area contributed by atoms with Crippen molar-refractivity contribution in [1.29, 1.82) is 0 Å². The van der Waals surface area contributed by atoms with E-state index in [1.54, 1.807) is 12.4 Å². The lowest BCUT2D eigenvalue weighted by Crippen LogP contribution is -2.17. The Kier molecular flexibility index (Phi) is 2.27. The molecule has 0 saturated heterocycles. The number of anilines is 2. The Labute approximate surface area is 84.2 Å². The molecule has 2 rings (SSSR count). The van der Waals surface area contributed by atoms with E-state index in [1.165, 1.54) is 12.8 Å². The van der Waals surface area contributed by atoms with Crippen LogP contribution in [0.15, 0.2) is 12.4 Å². The Morgan fingerprint density at radius 3 is 2.71 bits per heavy atom. The molecule has 4 nitrogen and oxygen atoms in total. The van der Waals surface area contributed by atoms with Crippen molar-refractivity contribution in [2.24, 2.45) is 0 Å². The zero-order chi connectivity index (χ0) is 10.0. The Balaban J connectivity index is 2.06. The smallest absolute Gasteiger partial charge is 0.147 e. The lowest BCUT2D eigenvalue weighted by atomic mass is 10.3. The number of rotatable bonds is 4. The van der Waals surface area contributed by atoms with Crippen molar-refractivity contribution in [3.63, 3.8) is 0 Å². The highest BCUT2D eigenvalue weighted by atomic mass is 15.1. The highest BCUT2D eigenvalue weighted by Gasteiger charge is 2.37. The van der Waals surface area contributed by atoms with Crippen molar-refractivity contribution in [2.75, 3.05) is 17.2 Å². The molecule has 1 aliphatic rings. The summed E-state index contributed by atoms with van der Waals surface area (Å²) in [5.41, 5.74) is 0.263. The van der Waals surface area contributed by atoms with Crippen LogP contribution in [0.2, 0.25) is 0 Å². The number of nitrogens with one attached hydrogen (secondary N) is 2. The van der Waals surface area contributed by atoms with Crippen LogP contribution in [0.4, 0.5) is 11.6 Å². The lowest BCUT2D eigenvalue weighted by Gasteiger charge is -2.12. The molecule has 0 bridgehead atoms. The quantitative estimate of drug-likeness (QED) is 0.764. The van der Waals surface area contributed by atoms with E-state index in [0.29, 0.717) is 0 Å². The Morgan fingerprint density at radius 2 is 2.07 bits per heavy atom. The van der Waals surface area contributed by atoms with Crippen LogP contribution < -0.4 is 10.6 Å². The third-order valence-corrected chi connectivity index (χ3v) is 2.42. The first-order chi connectivity index (χ1) is 6.72. The summed E-state index contributed by atoms with van der Waals surface area (Å²) in [6.45, 7) is 5.12. The van der Waals surface area contributed by atoms with Crippen molar-refractivity contribution in [1.82, 2.24) is 9.97 Å². The van der Waals surface area contributed by atoms with Gasteiger partial charge in [-0.05, 0) is 26.7 Å². The topological polar surface area (TPSA) is 49.8 Å². The minimum Gasteiger partial charge on any atom is -0.369 e. The molecule has 1 aromatic heterocycles. The molecule has 2 N–H and O–H groups in total. The molecule has 0 spiro atoms. The fraction of sp³-hybridized carbons (Fsp3) is 0.600. The van der Waals surface area contributed by atoms with E-state index in [2.05, 4.69) is 27.5 Å². The molecule has 1 saturated carbocycles. The maximum Gasteiger partial charge on any atom is 0.147 e. The van der Waals surface area contributed by atoms with Gasteiger partial charge in [-0.15, -0.1) is 0 Å². The molecule has 0 aliphatic heterocycles. The zero-order valence-electron chi connectivity index (χ0n) is 8.67. The van der Waals surface area contributed by atoms with Gasteiger partial charge in [0.15, 0.2) is 0 Å². The van der Waals surface area contributed by atoms with Crippen LogP contribution in [0.3, 0.4) is 0 Å². The molecule has 4 heteroatoms. The highest BCUT2D eigenvalue weighted by molar-refractivity contribution is 5.44. The largest absolute Gasteiger partial charge is 0.369 e. The molecule has 1 aliphatic carbocycles. The zero-order valence-corrected chi connectivity index (χ0v) is 8.67. The normalized spacial score (nSPS) is 17.6. The summed E-state index contributed by atoms with van der Waals surface area (Å²) in [5.74, 6) is 1.70. The molecule has 1 aromatic rings. The summed E-state index contributed by atoms with van der Waals surface area (Å²) in [6, 6.07) is 0. The van der Waals surface area contributed by atoms with Crippen molar-refractivity contribution >= 4 is 11.6 Å². The first-order valence-electron chi connectivity index (χ1n) is 5.06. The number of hydrogen-bond donors (Lipinski definition) is 2. The first-order valence-corrected chi connectivity index (χ1v) is 5.06. The maximum atomic E-state index is 4.40. The second kappa shape index (κ2) is 3.44. The molecule has 1 fully saturated rings. The molecule has 0 atom stereocenters. The van der Waals surface area contributed by atoms with Gasteiger partial charge in [0.1, 0.15) is 11.6 Å². The molecule has 1 heterocycles. The summed E-state index contributed by atoms with van der Waals surface area (Å²) >= 11 is 0. The fourth-order valence-corrected chi connectivity index (χ4v) is 1.31. The van der Waals surface area contributed by atoms with Gasteiger partial charge in [0, 0.05) is 12.1 Å². The lowest BCUT2D eigenvalue weighted by molar-refractivity contribution is 0.819. The molecule has 0 aromatic carbocycles. The molecule has 76 valence electrons. The Bertz CT molecular complexity index is 320. The predicted octanol–water partition coefficient (Wildman–Crippen LogP) is 1.87. The fourth-order valence-electron chi connectivity index (χ4n) is 1.31. The summed E-state index contributed by atoms with van der Waals surface area (Å²) in [5, 5.41) is 6.52. The Hall–Kier alpha value is -1.32. The monoisotopic (exact) mass is 192 g/mol. The van der Waals surface area contributed by atoms with Crippen molar-refractivity contribution < 1.29 is 0 Å². The summed E-state index contributed by atoms with van der Waals surface area (Å²) in [7, 11) is 0. The second-order valence-electron chi connectivity index (χ2n) is 4.01. The summed E-state index contributed by atoms with van der Waals surface area (Å²) in [4.78, 5) is 8.53. The van der Waals surface area contributed by atoms with Gasteiger partial charge in [-0.1, -0.05) is 0 Å². The van der Waals surface area contributed by atoms with Crippen LogP contribution in [-0.2, 0) is 0 Å². The minimum atomic E-state index is 0.263. The molecule has 0 unspecified atom stereocenters. The highest BCUT2D eigenvalue weighted by Crippen LogP contribution is 2.37. The van der Waals surface area contributed by atoms with E-state index in [4.69, 9.17) is 0 Å².